The van der Waals surface area contributed by atoms with Crippen LogP contribution in [0.5, 0.6) is 6.01 Å². The normalized spacial score (nSPS) is 14.5. The van der Waals surface area contributed by atoms with Gasteiger partial charge in [-0.3, -0.25) is 9.89 Å². The molecule has 1 saturated heterocycles. The fraction of sp³-hybridized carbons (Fsp3) is 0.500. The lowest BCUT2D eigenvalue weighted by Gasteiger charge is -2.32. The van der Waals surface area contributed by atoms with Gasteiger partial charge in [-0.2, -0.15) is 15.1 Å². The first-order valence-electron chi connectivity index (χ1n) is 11.0. The number of carbonyl (C=O) groups excluding carboxylic acids is 1. The Morgan fingerprint density at radius 3 is 2.79 bits per heavy atom. The Labute approximate surface area is 191 Å². The van der Waals surface area contributed by atoms with E-state index in [2.05, 4.69) is 41.4 Å². The summed E-state index contributed by atoms with van der Waals surface area (Å²) in [4.78, 5) is 27.9. The van der Waals surface area contributed by atoms with Crippen molar-refractivity contribution in [3.05, 3.63) is 35.8 Å². The number of piperidine rings is 1. The van der Waals surface area contributed by atoms with E-state index in [0.717, 1.165) is 42.7 Å². The lowest BCUT2D eigenvalue weighted by molar-refractivity contribution is 0.0929. The van der Waals surface area contributed by atoms with E-state index in [9.17, 15) is 4.79 Å². The van der Waals surface area contributed by atoms with Crippen LogP contribution in [-0.4, -0.2) is 84.7 Å². The topological polar surface area (TPSA) is 127 Å². The molecule has 0 saturated carbocycles. The zero-order chi connectivity index (χ0) is 23.0. The van der Waals surface area contributed by atoms with Gasteiger partial charge in [0.1, 0.15) is 18.1 Å². The number of pyridine rings is 1. The maximum absolute atomic E-state index is 12.6. The number of amides is 1. The van der Waals surface area contributed by atoms with Crippen molar-refractivity contribution < 1.29 is 19.0 Å². The van der Waals surface area contributed by atoms with E-state index in [1.54, 1.807) is 26.5 Å². The first-order chi connectivity index (χ1) is 16.2. The monoisotopic (exact) mass is 455 g/mol. The van der Waals surface area contributed by atoms with E-state index in [4.69, 9.17) is 14.2 Å². The maximum atomic E-state index is 12.6. The molecule has 11 nitrogen and oxygen atoms in total. The van der Waals surface area contributed by atoms with Crippen LogP contribution in [-0.2, 0) is 9.47 Å². The fourth-order valence-electron chi connectivity index (χ4n) is 3.90. The number of fused-ring (bicyclic) bond motifs is 1. The summed E-state index contributed by atoms with van der Waals surface area (Å²) in [6.45, 7) is 3.07. The Bertz CT molecular complexity index is 1070. The lowest BCUT2D eigenvalue weighted by Crippen LogP contribution is -2.34. The van der Waals surface area contributed by atoms with Gasteiger partial charge in [-0.15, -0.1) is 0 Å². The number of methoxy groups -OCH3 is 2. The Hall–Kier alpha value is -3.31. The molecule has 33 heavy (non-hydrogen) atoms. The molecular weight excluding hydrogens is 426 g/mol. The lowest BCUT2D eigenvalue weighted by atomic mass is 9.92. The minimum atomic E-state index is -0.294. The minimum Gasteiger partial charge on any atom is -0.461 e. The van der Waals surface area contributed by atoms with Gasteiger partial charge in [0.2, 0.25) is 0 Å². The van der Waals surface area contributed by atoms with Crippen molar-refractivity contribution in [3.8, 4) is 6.01 Å². The molecule has 0 radical (unpaired) electrons. The molecule has 0 aromatic carbocycles. The Kier molecular flexibility index (Phi) is 7.63. The number of nitrogens with one attached hydrogen (secondary N) is 2. The van der Waals surface area contributed by atoms with Crippen molar-refractivity contribution in [2.24, 2.45) is 0 Å². The number of aromatic nitrogens is 5. The molecule has 0 unspecified atom stereocenters. The fourth-order valence-corrected chi connectivity index (χ4v) is 3.90. The van der Waals surface area contributed by atoms with Crippen molar-refractivity contribution in [2.75, 3.05) is 58.6 Å². The zero-order valence-corrected chi connectivity index (χ0v) is 18.9. The van der Waals surface area contributed by atoms with Gasteiger partial charge in [0.15, 0.2) is 5.65 Å². The van der Waals surface area contributed by atoms with Crippen molar-refractivity contribution in [2.45, 2.75) is 18.8 Å². The van der Waals surface area contributed by atoms with Gasteiger partial charge in [-0.25, -0.2) is 4.98 Å². The number of nitrogens with zero attached hydrogens (tertiary/aromatic N) is 5. The average molecular weight is 456 g/mol. The van der Waals surface area contributed by atoms with Crippen LogP contribution in [0, 0.1) is 0 Å². The molecule has 1 aliphatic rings. The van der Waals surface area contributed by atoms with Gasteiger partial charge in [0.05, 0.1) is 18.9 Å². The first-order valence-corrected chi connectivity index (χ1v) is 11.0. The number of carbonyl (C=O) groups is 1. The van der Waals surface area contributed by atoms with E-state index in [0.29, 0.717) is 38.1 Å². The number of anilines is 1. The standard InChI is InChI=1S/C22H29N7O4/c1-31-11-8-24-21(30)17-14-18(26-22(25-17)33-13-12-32-2)29-9-5-15(6-10-29)19-16-4-3-7-23-20(16)28-27-19/h3-4,7,14-15H,5-6,8-13H2,1-2H3,(H,24,30)(H,23,27,28). The number of H-pyrrole nitrogens is 1. The van der Waals surface area contributed by atoms with Crippen LogP contribution in [0.4, 0.5) is 5.82 Å². The van der Waals surface area contributed by atoms with Crippen LogP contribution < -0.4 is 15.0 Å². The quantitative estimate of drug-likeness (QED) is 0.438. The highest BCUT2D eigenvalue weighted by molar-refractivity contribution is 5.93. The second-order valence-corrected chi connectivity index (χ2v) is 7.75. The molecule has 4 rings (SSSR count). The molecule has 176 valence electrons. The Morgan fingerprint density at radius 1 is 1.18 bits per heavy atom. The van der Waals surface area contributed by atoms with Crippen LogP contribution in [0.25, 0.3) is 11.0 Å². The highest BCUT2D eigenvalue weighted by Gasteiger charge is 2.26. The van der Waals surface area contributed by atoms with E-state index < -0.39 is 0 Å². The predicted octanol–water partition coefficient (Wildman–Crippen LogP) is 1.53. The molecule has 0 aliphatic carbocycles. The van der Waals surface area contributed by atoms with Gasteiger partial charge in [-0.05, 0) is 25.0 Å². The van der Waals surface area contributed by atoms with Gasteiger partial charge < -0.3 is 24.4 Å². The number of rotatable bonds is 10. The van der Waals surface area contributed by atoms with Crippen molar-refractivity contribution in [1.82, 2.24) is 30.5 Å². The summed E-state index contributed by atoms with van der Waals surface area (Å²) in [7, 11) is 3.18. The highest BCUT2D eigenvalue weighted by Crippen LogP contribution is 2.32. The Balaban J connectivity index is 1.48. The van der Waals surface area contributed by atoms with E-state index in [1.807, 2.05) is 6.07 Å². The SMILES string of the molecule is COCCNC(=O)c1cc(N2CCC(c3n[nH]c4ncccc34)CC2)nc(OCCOC)n1. The molecule has 1 aliphatic heterocycles. The molecule has 11 heteroatoms. The number of ether oxygens (including phenoxy) is 3. The van der Waals surface area contributed by atoms with E-state index >= 15 is 0 Å². The van der Waals surface area contributed by atoms with Crippen LogP contribution in [0.2, 0.25) is 0 Å². The zero-order valence-electron chi connectivity index (χ0n) is 18.9. The van der Waals surface area contributed by atoms with Crippen LogP contribution in [0.3, 0.4) is 0 Å². The molecule has 0 bridgehead atoms. The second-order valence-electron chi connectivity index (χ2n) is 7.75. The largest absolute Gasteiger partial charge is 0.461 e. The number of hydrogen-bond donors (Lipinski definition) is 2. The molecule has 0 atom stereocenters. The summed E-state index contributed by atoms with van der Waals surface area (Å²) in [5.41, 5.74) is 2.13. The molecule has 3 aromatic rings. The minimum absolute atomic E-state index is 0.160. The summed E-state index contributed by atoms with van der Waals surface area (Å²) in [6.07, 6.45) is 3.58. The predicted molar refractivity (Wildman–Crippen MR) is 122 cm³/mol. The molecule has 0 spiro atoms. The van der Waals surface area contributed by atoms with Crippen molar-refractivity contribution in [1.29, 1.82) is 0 Å². The van der Waals surface area contributed by atoms with Gasteiger partial charge in [0.25, 0.3) is 5.91 Å². The average Bonchev–Trinajstić information content (AvgIpc) is 3.28. The molecule has 2 N–H and O–H groups in total. The van der Waals surface area contributed by atoms with Crippen LogP contribution >= 0.6 is 0 Å². The first kappa shape index (κ1) is 22.9. The van der Waals surface area contributed by atoms with Crippen molar-refractivity contribution in [3.63, 3.8) is 0 Å². The van der Waals surface area contributed by atoms with Gasteiger partial charge in [-0.1, -0.05) is 0 Å². The summed E-state index contributed by atoms with van der Waals surface area (Å²) >= 11 is 0. The molecule has 3 aromatic heterocycles. The maximum Gasteiger partial charge on any atom is 0.319 e. The molecule has 4 heterocycles. The van der Waals surface area contributed by atoms with Gasteiger partial charge >= 0.3 is 6.01 Å². The summed E-state index contributed by atoms with van der Waals surface area (Å²) in [6, 6.07) is 5.85. The summed E-state index contributed by atoms with van der Waals surface area (Å²) < 4.78 is 15.7. The smallest absolute Gasteiger partial charge is 0.319 e. The highest BCUT2D eigenvalue weighted by atomic mass is 16.5. The van der Waals surface area contributed by atoms with Crippen LogP contribution in [0.15, 0.2) is 24.4 Å². The summed E-state index contributed by atoms with van der Waals surface area (Å²) in [5, 5.41) is 11.4. The third kappa shape index (κ3) is 5.55. The molecule has 1 fully saturated rings. The molecular formula is C22H29N7O4. The second kappa shape index (κ2) is 11.0. The molecule has 1 amide bonds. The third-order valence-electron chi connectivity index (χ3n) is 5.61. The van der Waals surface area contributed by atoms with E-state index in [-0.39, 0.29) is 17.6 Å². The van der Waals surface area contributed by atoms with E-state index in [1.165, 1.54) is 0 Å². The van der Waals surface area contributed by atoms with Gasteiger partial charge in [0, 0.05) is 57.4 Å². The number of aromatic amines is 1. The third-order valence-corrected chi connectivity index (χ3v) is 5.61. The summed E-state index contributed by atoms with van der Waals surface area (Å²) in [5.74, 6) is 0.703. The van der Waals surface area contributed by atoms with Crippen molar-refractivity contribution >= 4 is 22.8 Å². The van der Waals surface area contributed by atoms with Crippen LogP contribution in [0.1, 0.15) is 34.9 Å². The Morgan fingerprint density at radius 2 is 2.00 bits per heavy atom. The number of hydrogen-bond acceptors (Lipinski definition) is 9.